The van der Waals surface area contributed by atoms with E-state index in [1.54, 1.807) is 12.1 Å². The van der Waals surface area contributed by atoms with E-state index in [0.717, 1.165) is 16.2 Å². The largest absolute Gasteiger partial charge is 0.416 e. The second kappa shape index (κ2) is 11.8. The molecular formula is C20H22FN7O5S. The number of amides is 3. The fraction of sp³-hybridized carbons (Fsp3) is 0.300. The van der Waals surface area contributed by atoms with E-state index in [4.69, 9.17) is 9.47 Å². The molecule has 0 bridgehead atoms. The minimum absolute atomic E-state index is 0.00520. The van der Waals surface area contributed by atoms with Crippen LogP contribution >= 0.6 is 11.5 Å². The van der Waals surface area contributed by atoms with Crippen molar-refractivity contribution in [3.63, 3.8) is 0 Å². The Labute approximate surface area is 197 Å². The van der Waals surface area contributed by atoms with Gasteiger partial charge in [0.2, 0.25) is 11.0 Å². The summed E-state index contributed by atoms with van der Waals surface area (Å²) < 4.78 is 28.5. The first kappa shape index (κ1) is 24.7. The number of aromatic nitrogens is 4. The van der Waals surface area contributed by atoms with Crippen molar-refractivity contribution in [1.29, 1.82) is 0 Å². The maximum atomic E-state index is 13.2. The summed E-state index contributed by atoms with van der Waals surface area (Å²) >= 11 is 0.937. The molecule has 2 heterocycles. The first-order valence-electron chi connectivity index (χ1n) is 9.96. The Balaban J connectivity index is 1.49. The third-order valence-corrected chi connectivity index (χ3v) is 4.93. The average molecular weight is 492 g/mol. The van der Waals surface area contributed by atoms with Crippen LogP contribution in [-0.2, 0) is 24.4 Å². The van der Waals surface area contributed by atoms with Crippen LogP contribution in [0.1, 0.15) is 11.4 Å². The van der Waals surface area contributed by atoms with E-state index in [1.165, 1.54) is 43.3 Å². The third kappa shape index (κ3) is 7.31. The number of carbonyl (C=O) groups excluding carboxylic acids is 2. The Hall–Kier alpha value is -3.91. The normalized spacial score (nSPS) is 10.6. The molecule has 3 rings (SSSR count). The van der Waals surface area contributed by atoms with Crippen LogP contribution in [0.3, 0.4) is 0 Å². The van der Waals surface area contributed by atoms with Gasteiger partial charge in [0.1, 0.15) is 5.82 Å². The number of benzene rings is 1. The number of carbonyl (C=O) groups is 2. The van der Waals surface area contributed by atoms with Gasteiger partial charge < -0.3 is 19.7 Å². The van der Waals surface area contributed by atoms with Crippen LogP contribution in [0.25, 0.3) is 0 Å². The molecule has 34 heavy (non-hydrogen) atoms. The van der Waals surface area contributed by atoms with Crippen LogP contribution < -0.4 is 20.9 Å². The van der Waals surface area contributed by atoms with Gasteiger partial charge in [-0.1, -0.05) is 12.1 Å². The Morgan fingerprint density at radius 1 is 1.26 bits per heavy atom. The van der Waals surface area contributed by atoms with Crippen LogP contribution in [0, 0.1) is 5.82 Å². The highest BCUT2D eigenvalue weighted by Gasteiger charge is 2.16. The van der Waals surface area contributed by atoms with Gasteiger partial charge in [-0.25, -0.2) is 23.6 Å². The average Bonchev–Trinajstić information content (AvgIpc) is 3.24. The number of ether oxygens (including phenoxy) is 2. The van der Waals surface area contributed by atoms with Crippen molar-refractivity contribution < 1.29 is 23.5 Å². The predicted octanol–water partition coefficient (Wildman–Crippen LogP) is 1.83. The molecule has 0 fully saturated rings. The number of anilines is 1. The first-order chi connectivity index (χ1) is 16.3. The molecule has 180 valence electrons. The molecule has 2 aromatic heterocycles. The molecule has 1 aromatic carbocycles. The fourth-order valence-corrected chi connectivity index (χ4v) is 3.18. The van der Waals surface area contributed by atoms with Gasteiger partial charge in [-0.15, -0.1) is 5.10 Å². The van der Waals surface area contributed by atoms with Crippen LogP contribution in [-0.4, -0.2) is 56.9 Å². The lowest BCUT2D eigenvalue weighted by Crippen LogP contribution is -2.31. The summed E-state index contributed by atoms with van der Waals surface area (Å²) in [4.78, 5) is 41.5. The first-order valence-corrected chi connectivity index (χ1v) is 10.7. The molecule has 0 radical (unpaired) electrons. The molecule has 0 aliphatic heterocycles. The monoisotopic (exact) mass is 491 g/mol. The molecule has 14 heteroatoms. The zero-order valence-corrected chi connectivity index (χ0v) is 19.2. The smallest absolute Gasteiger partial charge is 0.390 e. The summed E-state index contributed by atoms with van der Waals surface area (Å²) in [6, 6.07) is 7.88. The number of halogens is 1. The number of nitrogens with one attached hydrogen (secondary N) is 2. The molecule has 0 saturated carbocycles. The molecule has 12 nitrogen and oxygen atoms in total. The lowest BCUT2D eigenvalue weighted by atomic mass is 10.2. The van der Waals surface area contributed by atoms with Crippen molar-refractivity contribution in [3.8, 4) is 5.88 Å². The lowest BCUT2D eigenvalue weighted by Gasteiger charge is -2.14. The van der Waals surface area contributed by atoms with Gasteiger partial charge >= 0.3 is 12.1 Å². The second-order valence-electron chi connectivity index (χ2n) is 6.90. The topological polar surface area (TPSA) is 141 Å². The highest BCUT2D eigenvalue weighted by Crippen LogP contribution is 2.13. The number of hydrogen-bond donors (Lipinski definition) is 2. The number of urea groups is 1. The van der Waals surface area contributed by atoms with Gasteiger partial charge in [-0.2, -0.15) is 4.37 Å². The van der Waals surface area contributed by atoms with E-state index in [2.05, 4.69) is 25.1 Å². The lowest BCUT2D eigenvalue weighted by molar-refractivity contribution is 0.155. The Morgan fingerprint density at radius 3 is 2.85 bits per heavy atom. The summed E-state index contributed by atoms with van der Waals surface area (Å²) in [7, 11) is 2.97. The molecule has 0 aliphatic rings. The zero-order valence-electron chi connectivity index (χ0n) is 18.4. The summed E-state index contributed by atoms with van der Waals surface area (Å²) in [5.41, 5.74) is 0.258. The maximum absolute atomic E-state index is 13.2. The molecular weight excluding hydrogens is 469 g/mol. The maximum Gasteiger partial charge on any atom is 0.416 e. The summed E-state index contributed by atoms with van der Waals surface area (Å²) in [6.45, 7) is 0.631. The van der Waals surface area contributed by atoms with Crippen LogP contribution in [0.5, 0.6) is 5.88 Å². The van der Waals surface area contributed by atoms with Gasteiger partial charge in [0.05, 0.1) is 19.7 Å². The van der Waals surface area contributed by atoms with Gasteiger partial charge in [0.25, 0.3) is 5.56 Å². The van der Waals surface area contributed by atoms with Gasteiger partial charge in [-0.05, 0) is 17.7 Å². The van der Waals surface area contributed by atoms with Crippen molar-refractivity contribution in [2.75, 3.05) is 26.1 Å². The fourth-order valence-electron chi connectivity index (χ4n) is 2.61. The molecule has 3 aromatic rings. The molecule has 0 spiro atoms. The number of nitrogens with zero attached hydrogens (tertiary/aromatic N) is 5. The number of hydrogen-bond acceptors (Lipinski definition) is 9. The van der Waals surface area contributed by atoms with Crippen molar-refractivity contribution in [2.45, 2.75) is 19.6 Å². The van der Waals surface area contributed by atoms with Crippen LogP contribution in [0.4, 0.5) is 19.1 Å². The minimum Gasteiger partial charge on any atom is -0.390 e. The SMILES string of the molecule is COCCn1nc(OC(=O)N(C)Cc2nsc(NC(=O)NCc3cccc(F)c3)n2)ccc1=O. The zero-order chi connectivity index (χ0) is 24.5. The van der Waals surface area contributed by atoms with Crippen LogP contribution in [0.15, 0.2) is 41.2 Å². The van der Waals surface area contributed by atoms with Gasteiger partial charge in [0, 0.05) is 44.4 Å². The molecule has 0 unspecified atom stereocenters. The number of methoxy groups -OCH3 is 1. The Morgan fingerprint density at radius 2 is 2.09 bits per heavy atom. The molecule has 0 saturated heterocycles. The van der Waals surface area contributed by atoms with Crippen molar-refractivity contribution in [3.05, 3.63) is 64.0 Å². The molecule has 3 amide bonds. The van der Waals surface area contributed by atoms with E-state index < -0.39 is 12.1 Å². The van der Waals surface area contributed by atoms with Crippen molar-refractivity contribution in [1.82, 2.24) is 29.4 Å². The summed E-state index contributed by atoms with van der Waals surface area (Å²) in [6.07, 6.45) is -0.735. The van der Waals surface area contributed by atoms with E-state index in [1.807, 2.05) is 0 Å². The van der Waals surface area contributed by atoms with E-state index >= 15 is 0 Å². The van der Waals surface area contributed by atoms with E-state index in [-0.39, 0.29) is 54.5 Å². The molecule has 0 atom stereocenters. The highest BCUT2D eigenvalue weighted by atomic mass is 32.1. The summed E-state index contributed by atoms with van der Waals surface area (Å²) in [5.74, 6) is -0.154. The highest BCUT2D eigenvalue weighted by molar-refractivity contribution is 7.09. The quantitative estimate of drug-likeness (QED) is 0.462. The van der Waals surface area contributed by atoms with Crippen molar-refractivity contribution in [2.24, 2.45) is 0 Å². The molecule has 2 N–H and O–H groups in total. The second-order valence-corrected chi connectivity index (χ2v) is 7.65. The van der Waals surface area contributed by atoms with Crippen LogP contribution in [0.2, 0.25) is 0 Å². The standard InChI is InChI=1S/C20H22FN7O5S/c1-27(20(31)33-16-6-7-17(29)28(25-16)8-9-32-2)12-15-23-19(34-26-15)24-18(30)22-11-13-4-3-5-14(21)10-13/h3-7,10H,8-9,11-12H2,1-2H3,(H2,22,23,24,26,30). The van der Waals surface area contributed by atoms with Crippen molar-refractivity contribution >= 4 is 28.8 Å². The van der Waals surface area contributed by atoms with E-state index in [9.17, 15) is 18.8 Å². The summed E-state index contributed by atoms with van der Waals surface area (Å²) in [5, 5.41) is 9.31. The minimum atomic E-state index is -0.735. The van der Waals surface area contributed by atoms with Gasteiger partial charge in [-0.3, -0.25) is 10.1 Å². The Kier molecular flexibility index (Phi) is 8.59. The Bertz CT molecular complexity index is 1200. The molecule has 0 aliphatic carbocycles. The predicted molar refractivity (Wildman–Crippen MR) is 120 cm³/mol. The van der Waals surface area contributed by atoms with Gasteiger partial charge in [0.15, 0.2) is 5.82 Å². The number of rotatable bonds is 9. The third-order valence-electron chi connectivity index (χ3n) is 4.26. The van der Waals surface area contributed by atoms with E-state index in [0.29, 0.717) is 5.56 Å².